The Kier molecular flexibility index (Phi) is 11.1. The topological polar surface area (TPSA) is 124 Å². The number of nitrogens with zero attached hydrogens (tertiary/aromatic N) is 6. The Morgan fingerprint density at radius 2 is 1.48 bits per heavy atom. The van der Waals surface area contributed by atoms with Crippen molar-refractivity contribution < 1.29 is 23.5 Å². The second-order valence-corrected chi connectivity index (χ2v) is 15.9. The van der Waals surface area contributed by atoms with Crippen LogP contribution in [0.3, 0.4) is 0 Å². The van der Waals surface area contributed by atoms with Crippen LogP contribution in [0.1, 0.15) is 47.9 Å². The minimum Gasteiger partial charge on any atom is -0.436 e. The summed E-state index contributed by atoms with van der Waals surface area (Å²) in [5.74, 6) is -0.655. The van der Waals surface area contributed by atoms with Gasteiger partial charge >= 0.3 is 17.9 Å². The first-order chi connectivity index (χ1) is 27.2. The number of likely N-dealkylation sites (tertiary alicyclic amines) is 2. The second kappa shape index (κ2) is 16.5. The molecular weight excluding hydrogens is 711 g/mol. The molecule has 3 saturated heterocycles. The number of carbonyl (C=O) groups is 3. The molecule has 1 unspecified atom stereocenters. The summed E-state index contributed by atoms with van der Waals surface area (Å²) in [4.78, 5) is 64.2. The molecule has 4 aromatic rings. The number of aromatic nitrogens is 1. The monoisotopic (exact) mass is 763 g/mol. The zero-order chi connectivity index (χ0) is 38.8. The van der Waals surface area contributed by atoms with Crippen LogP contribution in [0.4, 0.5) is 15.3 Å². The number of benzene rings is 3. The van der Waals surface area contributed by atoms with Gasteiger partial charge < -0.3 is 29.2 Å². The molecule has 296 valence electrons. The van der Waals surface area contributed by atoms with E-state index in [-0.39, 0.29) is 24.4 Å². The Labute approximate surface area is 327 Å². The Balaban J connectivity index is 0.902. The van der Waals surface area contributed by atoms with Crippen LogP contribution in [0.5, 0.6) is 0 Å². The number of piperidine rings is 2. The number of para-hydroxylation sites is 1. The maximum atomic E-state index is 14.3. The summed E-state index contributed by atoms with van der Waals surface area (Å²) in [5.41, 5.74) is 6.04. The lowest BCUT2D eigenvalue weighted by molar-refractivity contribution is -0.142. The Hall–Kier alpha value is -5.14. The average Bonchev–Trinajstić information content (AvgIpc) is 3.39. The van der Waals surface area contributed by atoms with Crippen molar-refractivity contribution in [1.29, 1.82) is 0 Å². The molecule has 8 rings (SSSR count). The number of anilines is 1. The maximum absolute atomic E-state index is 14.3. The molecule has 1 N–H and O–H groups in total. The third kappa shape index (κ3) is 8.20. The summed E-state index contributed by atoms with van der Waals surface area (Å²) in [6, 6.07) is 22.5. The van der Waals surface area contributed by atoms with Crippen LogP contribution >= 0.6 is 0 Å². The number of piperazine rings is 1. The van der Waals surface area contributed by atoms with E-state index in [0.717, 1.165) is 74.4 Å². The zero-order valence-corrected chi connectivity index (χ0v) is 32.5. The van der Waals surface area contributed by atoms with E-state index < -0.39 is 18.0 Å². The van der Waals surface area contributed by atoms with Crippen LogP contribution in [0.15, 0.2) is 75.9 Å². The van der Waals surface area contributed by atoms with Crippen LogP contribution in [0.2, 0.25) is 0 Å². The normalized spacial score (nSPS) is 19.8. The van der Waals surface area contributed by atoms with Gasteiger partial charge in [-0.25, -0.2) is 14.4 Å². The fourth-order valence-electron chi connectivity index (χ4n) is 9.17. The lowest BCUT2D eigenvalue weighted by atomic mass is 9.99. The first-order valence-electron chi connectivity index (χ1n) is 20.2. The second-order valence-electron chi connectivity index (χ2n) is 15.9. The Morgan fingerprint density at radius 3 is 2.23 bits per heavy atom. The van der Waals surface area contributed by atoms with Crippen LogP contribution in [-0.2, 0) is 36.0 Å². The molecular formula is C43H53N7O6. The molecule has 0 aliphatic carbocycles. The van der Waals surface area contributed by atoms with E-state index in [9.17, 15) is 19.2 Å². The fraction of sp³-hybridized carbons (Fsp3) is 0.488. The van der Waals surface area contributed by atoms with E-state index in [0.29, 0.717) is 62.7 Å². The SMILES string of the molecule is Cc1cc(CC(OC(=O)N2CCC(N3CCc4ccccc4NC3=O)CC2)C(=O)N2CCC(N3CCN(Cc4ccccc4)CC3)CC2)cc2oc(=O)n(C)c12. The van der Waals surface area contributed by atoms with Crippen LogP contribution in [-0.4, -0.2) is 124 Å². The molecule has 4 aliphatic rings. The number of urea groups is 1. The summed E-state index contributed by atoms with van der Waals surface area (Å²) >= 11 is 0. The van der Waals surface area contributed by atoms with Crippen molar-refractivity contribution >= 4 is 34.8 Å². The van der Waals surface area contributed by atoms with E-state index in [1.807, 2.05) is 47.1 Å². The van der Waals surface area contributed by atoms with Gasteiger partial charge in [0.05, 0.1) is 5.52 Å². The van der Waals surface area contributed by atoms with E-state index in [2.05, 4.69) is 45.4 Å². The summed E-state index contributed by atoms with van der Waals surface area (Å²) in [7, 11) is 1.67. The van der Waals surface area contributed by atoms with Gasteiger partial charge in [-0.15, -0.1) is 0 Å². The standard InChI is InChI=1S/C43H53N7O6/c1-30-26-32(27-37-39(30)45(2)42(53)55-37)28-38(40(51)48-17-13-34(14-18-48)47-24-22-46(23-25-47)29-31-8-4-3-5-9-31)56-43(54)49-19-15-35(16-20-49)50-21-12-33-10-6-7-11-36(33)44-41(50)52/h3-11,26-27,34-35,38H,12-25,28-29H2,1-2H3,(H,44,52). The smallest absolute Gasteiger partial charge is 0.419 e. The number of fused-ring (bicyclic) bond motifs is 2. The molecule has 56 heavy (non-hydrogen) atoms. The van der Waals surface area contributed by atoms with Crippen molar-refractivity contribution in [2.75, 3.05) is 64.2 Å². The molecule has 3 aromatic carbocycles. The van der Waals surface area contributed by atoms with E-state index in [1.54, 1.807) is 18.0 Å². The van der Waals surface area contributed by atoms with E-state index in [4.69, 9.17) is 9.15 Å². The molecule has 3 fully saturated rings. The molecule has 0 bridgehead atoms. The van der Waals surface area contributed by atoms with Crippen LogP contribution in [0.25, 0.3) is 11.1 Å². The number of nitrogens with one attached hydrogen (secondary N) is 1. The number of carbonyl (C=O) groups excluding carboxylic acids is 3. The highest BCUT2D eigenvalue weighted by Gasteiger charge is 2.37. The predicted octanol–water partition coefficient (Wildman–Crippen LogP) is 4.85. The molecule has 0 spiro atoms. The van der Waals surface area contributed by atoms with E-state index in [1.165, 1.54) is 10.1 Å². The zero-order valence-electron chi connectivity index (χ0n) is 32.5. The summed E-state index contributed by atoms with van der Waals surface area (Å²) in [6.07, 6.45) is 2.34. The lowest BCUT2D eigenvalue weighted by Crippen LogP contribution is -2.55. The molecule has 0 radical (unpaired) electrons. The summed E-state index contributed by atoms with van der Waals surface area (Å²) < 4.78 is 13.1. The Morgan fingerprint density at radius 1 is 0.804 bits per heavy atom. The first kappa shape index (κ1) is 37.8. The summed E-state index contributed by atoms with van der Waals surface area (Å²) in [6.45, 7) is 9.59. The lowest BCUT2D eigenvalue weighted by Gasteiger charge is -2.43. The highest BCUT2D eigenvalue weighted by atomic mass is 16.6. The largest absolute Gasteiger partial charge is 0.436 e. The van der Waals surface area contributed by atoms with Crippen molar-refractivity contribution in [3.8, 4) is 0 Å². The van der Waals surface area contributed by atoms with Gasteiger partial charge in [-0.2, -0.15) is 0 Å². The van der Waals surface area contributed by atoms with Gasteiger partial charge in [0.25, 0.3) is 5.91 Å². The van der Waals surface area contributed by atoms with Gasteiger partial charge in [0, 0.05) is 96.7 Å². The molecule has 4 aliphatic heterocycles. The molecule has 13 heteroatoms. The van der Waals surface area contributed by atoms with Crippen molar-refractivity contribution in [3.63, 3.8) is 0 Å². The van der Waals surface area contributed by atoms with Crippen molar-refractivity contribution in [1.82, 2.24) is 29.1 Å². The number of amides is 4. The van der Waals surface area contributed by atoms with Gasteiger partial charge in [0.15, 0.2) is 11.7 Å². The van der Waals surface area contributed by atoms with Crippen molar-refractivity contribution in [3.05, 3.63) is 99.5 Å². The van der Waals surface area contributed by atoms with Gasteiger partial charge in [-0.3, -0.25) is 19.2 Å². The molecule has 4 amide bonds. The molecule has 13 nitrogen and oxygen atoms in total. The fourth-order valence-corrected chi connectivity index (χ4v) is 9.17. The first-order valence-corrected chi connectivity index (χ1v) is 20.2. The maximum Gasteiger partial charge on any atom is 0.419 e. The quantitative estimate of drug-likeness (QED) is 0.271. The molecule has 5 heterocycles. The molecule has 0 saturated carbocycles. The number of hydrogen-bond acceptors (Lipinski definition) is 8. The Bertz CT molecular complexity index is 2090. The van der Waals surface area contributed by atoms with Gasteiger partial charge in [0.1, 0.15) is 0 Å². The van der Waals surface area contributed by atoms with Crippen LogP contribution < -0.4 is 11.1 Å². The number of oxazole rings is 1. The van der Waals surface area contributed by atoms with E-state index >= 15 is 0 Å². The minimum absolute atomic E-state index is 0.00541. The number of aryl methyl sites for hydroxylation is 2. The predicted molar refractivity (Wildman–Crippen MR) is 214 cm³/mol. The molecule has 1 aromatic heterocycles. The van der Waals surface area contributed by atoms with Crippen LogP contribution in [0, 0.1) is 6.92 Å². The average molecular weight is 764 g/mol. The highest BCUT2D eigenvalue weighted by molar-refractivity contribution is 5.91. The van der Waals surface area contributed by atoms with Crippen molar-refractivity contribution in [2.45, 2.75) is 70.2 Å². The third-order valence-corrected chi connectivity index (χ3v) is 12.3. The number of ether oxygens (including phenoxy) is 1. The summed E-state index contributed by atoms with van der Waals surface area (Å²) in [5, 5.41) is 3.06. The van der Waals surface area contributed by atoms with Gasteiger partial charge in [0.2, 0.25) is 0 Å². The third-order valence-electron chi connectivity index (χ3n) is 12.3. The number of rotatable bonds is 8. The van der Waals surface area contributed by atoms with Crippen molar-refractivity contribution in [2.24, 2.45) is 7.05 Å². The van der Waals surface area contributed by atoms with Gasteiger partial charge in [-0.05, 0) is 73.4 Å². The minimum atomic E-state index is -1.04. The molecule has 1 atom stereocenters. The van der Waals surface area contributed by atoms with Gasteiger partial charge in [-0.1, -0.05) is 54.6 Å². The highest BCUT2D eigenvalue weighted by Crippen LogP contribution is 2.27. The number of hydrogen-bond donors (Lipinski definition) is 1.